The van der Waals surface area contributed by atoms with E-state index >= 15 is 0 Å². The van der Waals surface area contributed by atoms with Crippen molar-refractivity contribution in [3.8, 4) is 0 Å². The van der Waals surface area contributed by atoms with Crippen LogP contribution in [0.4, 0.5) is 4.39 Å². The van der Waals surface area contributed by atoms with Crippen LogP contribution in [0.15, 0.2) is 36.0 Å². The highest BCUT2D eigenvalue weighted by atomic mass is 35.5. The van der Waals surface area contributed by atoms with Gasteiger partial charge in [0.15, 0.2) is 0 Å². The summed E-state index contributed by atoms with van der Waals surface area (Å²) in [5.41, 5.74) is 12.9. The van der Waals surface area contributed by atoms with Gasteiger partial charge in [0.05, 0.1) is 0 Å². The normalized spacial score (nSPS) is 13.2. The molecule has 0 aromatic heterocycles. The molecule has 0 fully saturated rings. The molecular formula is C13H16ClFN2. The van der Waals surface area contributed by atoms with Crippen molar-refractivity contribution in [2.75, 3.05) is 0 Å². The van der Waals surface area contributed by atoms with Crippen molar-refractivity contribution in [1.82, 2.24) is 0 Å². The van der Waals surface area contributed by atoms with Gasteiger partial charge in [0.2, 0.25) is 0 Å². The van der Waals surface area contributed by atoms with Crippen molar-refractivity contribution in [3.05, 3.63) is 52.5 Å². The second-order valence-electron chi connectivity index (χ2n) is 4.07. The van der Waals surface area contributed by atoms with Gasteiger partial charge in [-0.05, 0) is 36.3 Å². The topological polar surface area (TPSA) is 52.0 Å². The van der Waals surface area contributed by atoms with Gasteiger partial charge in [0.1, 0.15) is 5.82 Å². The molecule has 0 aliphatic rings. The summed E-state index contributed by atoms with van der Waals surface area (Å²) in [6.07, 6.45) is 3.29. The molecule has 17 heavy (non-hydrogen) atoms. The summed E-state index contributed by atoms with van der Waals surface area (Å²) in [5.74, 6) is -0.211. The summed E-state index contributed by atoms with van der Waals surface area (Å²) in [6.45, 7) is 3.94. The number of benzene rings is 1. The summed E-state index contributed by atoms with van der Waals surface area (Å²) in [4.78, 5) is 0. The molecule has 0 saturated heterocycles. The molecule has 0 heterocycles. The van der Waals surface area contributed by atoms with Gasteiger partial charge in [-0.2, -0.15) is 0 Å². The Hall–Kier alpha value is -1.48. The summed E-state index contributed by atoms with van der Waals surface area (Å²) in [6, 6.07) is 4.37. The molecule has 0 unspecified atom stereocenters. The number of nitrogens with two attached hydrogens (primary N) is 2. The highest BCUT2D eigenvalue weighted by Gasteiger charge is 2.05. The lowest BCUT2D eigenvalue weighted by Gasteiger charge is -2.05. The fourth-order valence-corrected chi connectivity index (χ4v) is 1.35. The zero-order valence-electron chi connectivity index (χ0n) is 9.87. The summed E-state index contributed by atoms with van der Waals surface area (Å²) < 4.78 is 13.5. The monoisotopic (exact) mass is 254 g/mol. The quantitative estimate of drug-likeness (QED) is 0.814. The van der Waals surface area contributed by atoms with E-state index in [1.165, 1.54) is 6.07 Å². The maximum Gasteiger partial charge on any atom is 0.133 e. The smallest absolute Gasteiger partial charge is 0.133 e. The van der Waals surface area contributed by atoms with E-state index in [1.807, 2.05) is 13.8 Å². The fourth-order valence-electron chi connectivity index (χ4n) is 1.19. The lowest BCUT2D eigenvalue weighted by atomic mass is 10.1. The Morgan fingerprint density at radius 1 is 1.29 bits per heavy atom. The molecule has 4 heteroatoms. The van der Waals surface area contributed by atoms with Gasteiger partial charge < -0.3 is 11.5 Å². The lowest BCUT2D eigenvalue weighted by Crippen LogP contribution is -2.05. The Labute approximate surface area is 106 Å². The molecule has 4 N–H and O–H groups in total. The molecule has 0 radical (unpaired) electrons. The molecule has 1 aromatic carbocycles. The maximum absolute atomic E-state index is 13.5. The van der Waals surface area contributed by atoms with Crippen molar-refractivity contribution in [2.24, 2.45) is 17.4 Å². The summed E-state index contributed by atoms with van der Waals surface area (Å²) in [5, 5.41) is 0.344. The van der Waals surface area contributed by atoms with E-state index in [9.17, 15) is 4.39 Å². The lowest BCUT2D eigenvalue weighted by molar-refractivity contribution is 0.624. The Balaban J connectivity index is 3.00. The van der Waals surface area contributed by atoms with Gasteiger partial charge in [-0.1, -0.05) is 25.4 Å². The van der Waals surface area contributed by atoms with Crippen molar-refractivity contribution in [3.63, 3.8) is 0 Å². The van der Waals surface area contributed by atoms with Crippen molar-refractivity contribution >= 4 is 17.3 Å². The number of rotatable bonds is 3. The van der Waals surface area contributed by atoms with Gasteiger partial charge in [-0.3, -0.25) is 0 Å². The maximum atomic E-state index is 13.5. The molecule has 0 aliphatic heterocycles. The molecule has 92 valence electrons. The van der Waals surface area contributed by atoms with E-state index in [1.54, 1.807) is 24.3 Å². The van der Waals surface area contributed by atoms with Gasteiger partial charge in [-0.25, -0.2) is 4.39 Å². The predicted octanol–water partition coefficient (Wildman–Crippen LogP) is 3.28. The minimum atomic E-state index is -0.442. The van der Waals surface area contributed by atoms with Crippen LogP contribution < -0.4 is 11.5 Å². The Morgan fingerprint density at radius 3 is 2.47 bits per heavy atom. The van der Waals surface area contributed by atoms with E-state index in [0.717, 1.165) is 0 Å². The Bertz CT molecular complexity index is 464. The number of halogens is 2. The van der Waals surface area contributed by atoms with Crippen LogP contribution >= 0.6 is 11.6 Å². The number of hydrogen-bond acceptors (Lipinski definition) is 2. The van der Waals surface area contributed by atoms with E-state index in [4.69, 9.17) is 23.1 Å². The van der Waals surface area contributed by atoms with Crippen molar-refractivity contribution in [1.29, 1.82) is 0 Å². The van der Waals surface area contributed by atoms with Gasteiger partial charge in [0, 0.05) is 22.0 Å². The molecule has 1 rings (SSSR count). The molecule has 0 amide bonds. The first-order chi connectivity index (χ1) is 7.91. The van der Waals surface area contributed by atoms with Crippen LogP contribution in [0.1, 0.15) is 19.4 Å². The molecule has 0 saturated carbocycles. The molecule has 0 bridgehead atoms. The standard InChI is InChI=1S/C13H16ClFN2/c1-8(2)12(16)5-6-13(17)10-4-3-9(14)7-11(10)15/h3-8H,16-17H2,1-2H3/b12-5-,13-6-. The minimum absolute atomic E-state index is 0.231. The fraction of sp³-hybridized carbons (Fsp3) is 0.231. The van der Waals surface area contributed by atoms with Crippen LogP contribution in [0.25, 0.3) is 5.70 Å². The highest BCUT2D eigenvalue weighted by Crippen LogP contribution is 2.19. The second-order valence-corrected chi connectivity index (χ2v) is 4.50. The average Bonchev–Trinajstić information content (AvgIpc) is 2.25. The van der Waals surface area contributed by atoms with Crippen LogP contribution in [-0.4, -0.2) is 0 Å². The third kappa shape index (κ3) is 3.79. The van der Waals surface area contributed by atoms with E-state index in [0.29, 0.717) is 22.0 Å². The van der Waals surface area contributed by atoms with Gasteiger partial charge in [-0.15, -0.1) is 0 Å². The average molecular weight is 255 g/mol. The predicted molar refractivity (Wildman–Crippen MR) is 70.7 cm³/mol. The van der Waals surface area contributed by atoms with Crippen molar-refractivity contribution in [2.45, 2.75) is 13.8 Å². The van der Waals surface area contributed by atoms with Crippen LogP contribution in [-0.2, 0) is 0 Å². The number of hydrogen-bond donors (Lipinski definition) is 2. The molecule has 1 aromatic rings. The van der Waals surface area contributed by atoms with Gasteiger partial charge >= 0.3 is 0 Å². The third-order valence-electron chi connectivity index (χ3n) is 2.36. The van der Waals surface area contributed by atoms with E-state index in [2.05, 4.69) is 0 Å². The zero-order chi connectivity index (χ0) is 13.0. The van der Waals surface area contributed by atoms with Crippen LogP contribution in [0.5, 0.6) is 0 Å². The Morgan fingerprint density at radius 2 is 1.94 bits per heavy atom. The van der Waals surface area contributed by atoms with Crippen molar-refractivity contribution < 1.29 is 4.39 Å². The SMILES string of the molecule is CC(C)/C(N)=C/C=C(\N)c1ccc(Cl)cc1F. The molecule has 2 nitrogen and oxygen atoms in total. The van der Waals surface area contributed by atoms with Crippen LogP contribution in [0.2, 0.25) is 5.02 Å². The molecular weight excluding hydrogens is 239 g/mol. The highest BCUT2D eigenvalue weighted by molar-refractivity contribution is 6.30. The second kappa shape index (κ2) is 5.73. The van der Waals surface area contributed by atoms with Gasteiger partial charge in [0.25, 0.3) is 0 Å². The van der Waals surface area contributed by atoms with E-state index in [-0.39, 0.29) is 5.92 Å². The zero-order valence-corrected chi connectivity index (χ0v) is 10.6. The largest absolute Gasteiger partial charge is 0.402 e. The van der Waals surface area contributed by atoms with Crippen LogP contribution in [0.3, 0.4) is 0 Å². The first kappa shape index (κ1) is 13.6. The molecule has 0 spiro atoms. The molecule has 0 atom stereocenters. The minimum Gasteiger partial charge on any atom is -0.402 e. The Kier molecular flexibility index (Phi) is 4.58. The first-order valence-electron chi connectivity index (χ1n) is 5.30. The van der Waals surface area contributed by atoms with E-state index < -0.39 is 5.82 Å². The summed E-state index contributed by atoms with van der Waals surface area (Å²) >= 11 is 5.66. The number of allylic oxidation sites excluding steroid dienone is 3. The van der Waals surface area contributed by atoms with Crippen LogP contribution in [0, 0.1) is 11.7 Å². The third-order valence-corrected chi connectivity index (χ3v) is 2.60. The molecule has 0 aliphatic carbocycles. The summed E-state index contributed by atoms with van der Waals surface area (Å²) in [7, 11) is 0. The first-order valence-corrected chi connectivity index (χ1v) is 5.68.